The number of nitrogens with one attached hydrogen (secondary N) is 1. The molecule has 0 spiro atoms. The van der Waals surface area contributed by atoms with Crippen molar-refractivity contribution in [3.05, 3.63) is 29.8 Å². The van der Waals surface area contributed by atoms with Crippen LogP contribution < -0.4 is 5.32 Å². The van der Waals surface area contributed by atoms with E-state index < -0.39 is 16.8 Å². The number of thioether (sulfide) groups is 1. The topological polar surface area (TPSA) is 75.6 Å². The van der Waals surface area contributed by atoms with Crippen molar-refractivity contribution < 1.29 is 19.4 Å². The van der Waals surface area contributed by atoms with Crippen molar-refractivity contribution in [3.63, 3.8) is 0 Å². The molecule has 0 aromatic heterocycles. The molecule has 2 N–H and O–H groups in total. The van der Waals surface area contributed by atoms with Crippen LogP contribution in [0.3, 0.4) is 0 Å². The summed E-state index contributed by atoms with van der Waals surface area (Å²) < 4.78 is 4.36. The van der Waals surface area contributed by atoms with E-state index in [1.165, 1.54) is 12.7 Å². The molecule has 1 aliphatic carbocycles. The Kier molecular flexibility index (Phi) is 6.07. The van der Waals surface area contributed by atoms with Gasteiger partial charge in [0.05, 0.1) is 11.3 Å². The molecule has 0 radical (unpaired) electrons. The molecule has 1 fully saturated rings. The number of amides is 1. The van der Waals surface area contributed by atoms with E-state index >= 15 is 0 Å². The van der Waals surface area contributed by atoms with Crippen LogP contribution >= 0.6 is 11.8 Å². The van der Waals surface area contributed by atoms with Gasteiger partial charge in [0.25, 0.3) is 0 Å². The molecule has 0 heterocycles. The normalized spacial score (nSPS) is 17.7. The first-order valence-electron chi connectivity index (χ1n) is 7.76. The highest BCUT2D eigenvalue weighted by Crippen LogP contribution is 2.45. The molecule has 1 amide bonds. The second-order valence-corrected chi connectivity index (χ2v) is 7.35. The molecule has 1 atom stereocenters. The third-order valence-electron chi connectivity index (χ3n) is 4.17. The summed E-state index contributed by atoms with van der Waals surface area (Å²) in [5, 5.41) is 11.8. The first-order chi connectivity index (χ1) is 11.0. The van der Waals surface area contributed by atoms with Crippen LogP contribution in [-0.2, 0) is 14.3 Å². The summed E-state index contributed by atoms with van der Waals surface area (Å²) in [5.74, 6) is -1.16. The first kappa shape index (κ1) is 17.8. The van der Waals surface area contributed by atoms with E-state index in [9.17, 15) is 9.59 Å². The van der Waals surface area contributed by atoms with Gasteiger partial charge in [-0.25, -0.2) is 4.79 Å². The van der Waals surface area contributed by atoms with Crippen LogP contribution in [0.4, 0.5) is 0 Å². The number of carbonyl (C=O) groups excluding carboxylic acids is 1. The summed E-state index contributed by atoms with van der Waals surface area (Å²) in [5.41, 5.74) is 1.18. The van der Waals surface area contributed by atoms with Crippen molar-refractivity contribution in [2.45, 2.75) is 48.4 Å². The summed E-state index contributed by atoms with van der Waals surface area (Å²) in [6.45, 7) is 2.02. The van der Waals surface area contributed by atoms with Crippen LogP contribution in [-0.4, -0.2) is 41.5 Å². The molecule has 0 bridgehead atoms. The highest BCUT2D eigenvalue weighted by Gasteiger charge is 2.42. The summed E-state index contributed by atoms with van der Waals surface area (Å²) in [6, 6.07) is 8.13. The Balaban J connectivity index is 2.05. The fourth-order valence-corrected chi connectivity index (χ4v) is 4.15. The van der Waals surface area contributed by atoms with Crippen LogP contribution in [0.25, 0.3) is 0 Å². The molecule has 5 nitrogen and oxygen atoms in total. The quantitative estimate of drug-likeness (QED) is 0.800. The number of hydrogen-bond donors (Lipinski definition) is 2. The number of aliphatic carboxylic acids is 1. The zero-order chi connectivity index (χ0) is 16.9. The second-order valence-electron chi connectivity index (χ2n) is 5.89. The van der Waals surface area contributed by atoms with Gasteiger partial charge in [-0.05, 0) is 31.9 Å². The molecule has 1 aromatic carbocycles. The average Bonchev–Trinajstić information content (AvgIpc) is 2.99. The largest absolute Gasteiger partial charge is 0.479 e. The minimum Gasteiger partial charge on any atom is -0.479 e. The van der Waals surface area contributed by atoms with Crippen LogP contribution in [0.1, 0.15) is 31.2 Å². The lowest BCUT2D eigenvalue weighted by atomic mass is 10.1. The molecule has 1 aliphatic rings. The lowest BCUT2D eigenvalue weighted by Gasteiger charge is -2.27. The van der Waals surface area contributed by atoms with E-state index in [4.69, 9.17) is 9.84 Å². The van der Waals surface area contributed by atoms with Gasteiger partial charge >= 0.3 is 5.97 Å². The van der Waals surface area contributed by atoms with Crippen molar-refractivity contribution >= 4 is 23.6 Å². The predicted molar refractivity (Wildman–Crippen MR) is 89.7 cm³/mol. The average molecular weight is 337 g/mol. The van der Waals surface area contributed by atoms with Gasteiger partial charge in [-0.2, -0.15) is 0 Å². The Bertz CT molecular complexity index is 552. The molecule has 0 saturated heterocycles. The zero-order valence-corrected chi connectivity index (χ0v) is 14.3. The Morgan fingerprint density at radius 2 is 1.91 bits per heavy atom. The Labute approximate surface area is 140 Å². The number of ether oxygens (including phenoxy) is 1. The van der Waals surface area contributed by atoms with Gasteiger partial charge in [-0.1, -0.05) is 30.5 Å². The summed E-state index contributed by atoms with van der Waals surface area (Å²) in [6.07, 6.45) is 2.63. The van der Waals surface area contributed by atoms with Crippen LogP contribution in [0.15, 0.2) is 29.2 Å². The highest BCUT2D eigenvalue weighted by atomic mass is 32.2. The number of aryl methyl sites for hydroxylation is 1. The number of carboxylic acid groups (broad SMARTS) is 1. The van der Waals surface area contributed by atoms with Crippen molar-refractivity contribution in [3.8, 4) is 0 Å². The zero-order valence-electron chi connectivity index (χ0n) is 13.5. The standard InChI is InChI=1S/C17H23NO4S/c1-12-5-7-13(8-6-12)23-17(9-3-4-10-17)16(21)18-11-14(22-2)15(19)20/h5-8,14H,3-4,9-11H2,1-2H3,(H,18,21)(H,19,20). The lowest BCUT2D eigenvalue weighted by Crippen LogP contribution is -2.46. The molecular weight excluding hydrogens is 314 g/mol. The number of carboxylic acids is 1. The number of rotatable bonds is 7. The predicted octanol–water partition coefficient (Wildman–Crippen LogP) is 2.62. The maximum absolute atomic E-state index is 12.7. The van der Waals surface area contributed by atoms with Gasteiger partial charge in [-0.3, -0.25) is 4.79 Å². The van der Waals surface area contributed by atoms with Crippen LogP contribution in [0.2, 0.25) is 0 Å². The van der Waals surface area contributed by atoms with Gasteiger partial charge < -0.3 is 15.2 Å². The van der Waals surface area contributed by atoms with Crippen LogP contribution in [0, 0.1) is 6.92 Å². The molecule has 1 saturated carbocycles. The number of methoxy groups -OCH3 is 1. The monoisotopic (exact) mass is 337 g/mol. The Morgan fingerprint density at radius 1 is 1.30 bits per heavy atom. The van der Waals surface area contributed by atoms with Gasteiger partial charge in [-0.15, -0.1) is 11.8 Å². The summed E-state index contributed by atoms with van der Waals surface area (Å²) >= 11 is 1.58. The van der Waals surface area contributed by atoms with E-state index in [0.717, 1.165) is 30.6 Å². The Morgan fingerprint density at radius 3 is 2.43 bits per heavy atom. The highest BCUT2D eigenvalue weighted by molar-refractivity contribution is 8.01. The third-order valence-corrected chi connectivity index (χ3v) is 5.66. The van der Waals surface area contributed by atoms with Gasteiger partial charge in [0.1, 0.15) is 0 Å². The van der Waals surface area contributed by atoms with Crippen molar-refractivity contribution in [1.29, 1.82) is 0 Å². The van der Waals surface area contributed by atoms with Crippen molar-refractivity contribution in [1.82, 2.24) is 5.32 Å². The fourth-order valence-electron chi connectivity index (χ4n) is 2.77. The SMILES string of the molecule is COC(CNC(=O)C1(Sc2ccc(C)cc2)CCCC1)C(=O)O. The molecule has 2 rings (SSSR count). The number of benzene rings is 1. The maximum atomic E-state index is 12.7. The lowest BCUT2D eigenvalue weighted by molar-refractivity contribution is -0.148. The van der Waals surface area contributed by atoms with E-state index in [1.807, 2.05) is 31.2 Å². The molecule has 0 aliphatic heterocycles. The van der Waals surface area contributed by atoms with E-state index in [0.29, 0.717) is 0 Å². The second kappa shape index (κ2) is 7.84. The number of carbonyl (C=O) groups is 2. The molecule has 1 aromatic rings. The Hall–Kier alpha value is -1.53. The maximum Gasteiger partial charge on any atom is 0.334 e. The summed E-state index contributed by atoms with van der Waals surface area (Å²) in [4.78, 5) is 24.8. The van der Waals surface area contributed by atoms with E-state index in [2.05, 4.69) is 5.32 Å². The molecule has 6 heteroatoms. The van der Waals surface area contributed by atoms with E-state index in [1.54, 1.807) is 11.8 Å². The van der Waals surface area contributed by atoms with Crippen molar-refractivity contribution in [2.75, 3.05) is 13.7 Å². The van der Waals surface area contributed by atoms with Gasteiger partial charge in [0, 0.05) is 12.0 Å². The minimum absolute atomic E-state index is 0.0130. The molecule has 1 unspecified atom stereocenters. The fraction of sp³-hybridized carbons (Fsp3) is 0.529. The minimum atomic E-state index is -1.07. The number of hydrogen-bond acceptors (Lipinski definition) is 4. The van der Waals surface area contributed by atoms with E-state index in [-0.39, 0.29) is 12.5 Å². The molecular formula is C17H23NO4S. The third kappa shape index (κ3) is 4.48. The van der Waals surface area contributed by atoms with Gasteiger partial charge in [0.2, 0.25) is 5.91 Å². The van der Waals surface area contributed by atoms with Crippen molar-refractivity contribution in [2.24, 2.45) is 0 Å². The van der Waals surface area contributed by atoms with Crippen LogP contribution in [0.5, 0.6) is 0 Å². The molecule has 23 heavy (non-hydrogen) atoms. The smallest absolute Gasteiger partial charge is 0.334 e. The molecule has 126 valence electrons. The summed E-state index contributed by atoms with van der Waals surface area (Å²) in [7, 11) is 1.33. The van der Waals surface area contributed by atoms with Gasteiger partial charge in [0.15, 0.2) is 6.10 Å². The first-order valence-corrected chi connectivity index (χ1v) is 8.58.